The smallest absolute Gasteiger partial charge is 0.415 e. The van der Waals surface area contributed by atoms with Gasteiger partial charge in [0.25, 0.3) is 0 Å². The molecule has 0 aliphatic carbocycles. The van der Waals surface area contributed by atoms with E-state index in [1.54, 1.807) is 27.8 Å². The van der Waals surface area contributed by atoms with Crippen molar-refractivity contribution < 1.29 is 9.53 Å². The molecule has 0 spiro atoms. The second-order valence-electron chi connectivity index (χ2n) is 4.24. The Labute approximate surface area is 99.4 Å². The molecule has 88 valence electrons. The van der Waals surface area contributed by atoms with Gasteiger partial charge in [0.1, 0.15) is 10.8 Å². The molecule has 0 fully saturated rings. The number of halogens is 1. The molecule has 0 aliphatic heterocycles. The fourth-order valence-corrected chi connectivity index (χ4v) is 1.00. The summed E-state index contributed by atoms with van der Waals surface area (Å²) in [6.45, 7) is 5.39. The zero-order valence-electron chi connectivity index (χ0n) is 9.69. The highest BCUT2D eigenvalue weighted by molar-refractivity contribution is 6.29. The van der Waals surface area contributed by atoms with Crippen LogP contribution in [-0.4, -0.2) is 28.7 Å². The maximum atomic E-state index is 11.6. The normalized spacial score (nSPS) is 11.1. The van der Waals surface area contributed by atoms with Crippen LogP contribution in [0.3, 0.4) is 0 Å². The van der Waals surface area contributed by atoms with Crippen molar-refractivity contribution in [1.82, 2.24) is 9.97 Å². The number of rotatable bonds is 1. The third-order valence-corrected chi connectivity index (χ3v) is 1.81. The van der Waals surface area contributed by atoms with Gasteiger partial charge in [-0.05, 0) is 20.8 Å². The predicted octanol–water partition coefficient (Wildman–Crippen LogP) is 2.50. The molecule has 0 saturated carbocycles. The topological polar surface area (TPSA) is 55.3 Å². The lowest BCUT2D eigenvalue weighted by Gasteiger charge is -2.23. The number of ether oxygens (including phenoxy) is 1. The Kier molecular flexibility index (Phi) is 3.70. The molecule has 1 aromatic rings. The zero-order valence-corrected chi connectivity index (χ0v) is 10.4. The number of amides is 1. The van der Waals surface area contributed by atoms with E-state index in [2.05, 4.69) is 9.97 Å². The third kappa shape index (κ3) is 3.66. The Morgan fingerprint density at radius 3 is 2.44 bits per heavy atom. The summed E-state index contributed by atoms with van der Waals surface area (Å²) in [5.74, 6) is 0.388. The number of nitrogens with zero attached hydrogens (tertiary/aromatic N) is 3. The summed E-state index contributed by atoms with van der Waals surface area (Å²) in [5.41, 5.74) is -0.537. The Hall–Kier alpha value is -1.36. The summed E-state index contributed by atoms with van der Waals surface area (Å²) in [6.07, 6.45) is 2.30. The van der Waals surface area contributed by atoms with E-state index in [4.69, 9.17) is 16.3 Å². The molecule has 5 nitrogen and oxygen atoms in total. The molecular weight excluding hydrogens is 230 g/mol. The monoisotopic (exact) mass is 243 g/mol. The van der Waals surface area contributed by atoms with Crippen molar-refractivity contribution in [3.05, 3.63) is 17.5 Å². The summed E-state index contributed by atoms with van der Waals surface area (Å²) >= 11 is 5.59. The summed E-state index contributed by atoms with van der Waals surface area (Å²) in [7, 11) is 1.56. The summed E-state index contributed by atoms with van der Waals surface area (Å²) in [5, 5.41) is 0.279. The van der Waals surface area contributed by atoms with Gasteiger partial charge in [0, 0.05) is 7.05 Å². The summed E-state index contributed by atoms with van der Waals surface area (Å²) in [4.78, 5) is 20.7. The van der Waals surface area contributed by atoms with Crippen molar-refractivity contribution >= 4 is 23.5 Å². The van der Waals surface area contributed by atoms with Gasteiger partial charge >= 0.3 is 6.09 Å². The number of aromatic nitrogens is 2. The van der Waals surface area contributed by atoms with Crippen LogP contribution in [0.1, 0.15) is 20.8 Å². The zero-order chi connectivity index (χ0) is 12.3. The first-order valence-electron chi connectivity index (χ1n) is 4.74. The molecule has 6 heteroatoms. The van der Waals surface area contributed by atoms with Gasteiger partial charge in [-0.3, -0.25) is 4.90 Å². The van der Waals surface area contributed by atoms with Gasteiger partial charge in [0.05, 0.1) is 12.4 Å². The van der Waals surface area contributed by atoms with Crippen LogP contribution in [0.2, 0.25) is 5.15 Å². The van der Waals surface area contributed by atoms with Crippen LogP contribution >= 0.6 is 11.6 Å². The molecule has 0 bridgehead atoms. The first-order valence-corrected chi connectivity index (χ1v) is 5.11. The van der Waals surface area contributed by atoms with Crippen LogP contribution < -0.4 is 4.90 Å². The van der Waals surface area contributed by atoms with Gasteiger partial charge in [-0.25, -0.2) is 14.8 Å². The molecule has 1 rings (SSSR count). The van der Waals surface area contributed by atoms with E-state index in [0.717, 1.165) is 0 Å². The van der Waals surface area contributed by atoms with E-state index in [1.807, 2.05) is 0 Å². The van der Waals surface area contributed by atoms with Crippen LogP contribution in [0.4, 0.5) is 10.6 Å². The van der Waals surface area contributed by atoms with Crippen molar-refractivity contribution in [3.8, 4) is 0 Å². The number of hydrogen-bond donors (Lipinski definition) is 0. The van der Waals surface area contributed by atoms with Gasteiger partial charge in [-0.15, -0.1) is 0 Å². The van der Waals surface area contributed by atoms with Crippen molar-refractivity contribution in [2.45, 2.75) is 26.4 Å². The maximum absolute atomic E-state index is 11.6. The second-order valence-corrected chi connectivity index (χ2v) is 4.62. The Bertz CT molecular complexity index is 373. The number of anilines is 1. The average Bonchev–Trinajstić information content (AvgIpc) is 2.15. The first-order chi connectivity index (χ1) is 7.29. The minimum Gasteiger partial charge on any atom is -0.443 e. The van der Waals surface area contributed by atoms with E-state index in [1.165, 1.54) is 17.3 Å². The molecule has 0 radical (unpaired) electrons. The SMILES string of the molecule is CN(C(=O)OC(C)(C)C)c1cnc(Cl)cn1. The largest absolute Gasteiger partial charge is 0.443 e. The molecule has 1 heterocycles. The fourth-order valence-electron chi connectivity index (χ4n) is 0.903. The minimum absolute atomic E-state index is 0.279. The molecule has 16 heavy (non-hydrogen) atoms. The van der Waals surface area contributed by atoms with Crippen molar-refractivity contribution in [2.24, 2.45) is 0 Å². The van der Waals surface area contributed by atoms with Crippen molar-refractivity contribution in [2.75, 3.05) is 11.9 Å². The molecule has 0 atom stereocenters. The quantitative estimate of drug-likeness (QED) is 0.761. The van der Waals surface area contributed by atoms with E-state index in [9.17, 15) is 4.79 Å². The van der Waals surface area contributed by atoms with Gasteiger partial charge in [0.2, 0.25) is 0 Å². The highest BCUT2D eigenvalue weighted by Crippen LogP contribution is 2.14. The Balaban J connectivity index is 2.74. The van der Waals surface area contributed by atoms with Crippen molar-refractivity contribution in [1.29, 1.82) is 0 Å². The summed E-state index contributed by atoms with van der Waals surface area (Å²) in [6, 6.07) is 0. The van der Waals surface area contributed by atoms with Crippen LogP contribution in [0, 0.1) is 0 Å². The average molecular weight is 244 g/mol. The van der Waals surface area contributed by atoms with Gasteiger partial charge < -0.3 is 4.74 Å². The van der Waals surface area contributed by atoms with Crippen LogP contribution in [-0.2, 0) is 4.74 Å². The third-order valence-electron chi connectivity index (χ3n) is 1.62. The Morgan fingerprint density at radius 1 is 1.38 bits per heavy atom. The van der Waals surface area contributed by atoms with Crippen LogP contribution in [0.5, 0.6) is 0 Å². The van der Waals surface area contributed by atoms with Crippen LogP contribution in [0.15, 0.2) is 12.4 Å². The first kappa shape index (κ1) is 12.7. The number of carbonyl (C=O) groups excluding carboxylic acids is 1. The molecule has 0 unspecified atom stereocenters. The molecule has 0 N–H and O–H groups in total. The van der Waals surface area contributed by atoms with Crippen LogP contribution in [0.25, 0.3) is 0 Å². The predicted molar refractivity (Wildman–Crippen MR) is 61.7 cm³/mol. The minimum atomic E-state index is -0.537. The van der Waals surface area contributed by atoms with Gasteiger partial charge in [-0.1, -0.05) is 11.6 Å². The highest BCUT2D eigenvalue weighted by atomic mass is 35.5. The lowest BCUT2D eigenvalue weighted by atomic mass is 10.2. The lowest BCUT2D eigenvalue weighted by Crippen LogP contribution is -2.34. The van der Waals surface area contributed by atoms with E-state index >= 15 is 0 Å². The van der Waals surface area contributed by atoms with E-state index in [0.29, 0.717) is 5.82 Å². The molecule has 0 aliphatic rings. The number of hydrogen-bond acceptors (Lipinski definition) is 4. The van der Waals surface area contributed by atoms with Gasteiger partial charge in [0.15, 0.2) is 5.82 Å². The molecule has 1 aromatic heterocycles. The summed E-state index contributed by atoms with van der Waals surface area (Å²) < 4.78 is 5.17. The Morgan fingerprint density at radius 2 is 2.00 bits per heavy atom. The number of carbonyl (C=O) groups is 1. The highest BCUT2D eigenvalue weighted by Gasteiger charge is 2.21. The molecule has 0 aromatic carbocycles. The van der Waals surface area contributed by atoms with Gasteiger partial charge in [-0.2, -0.15) is 0 Å². The second kappa shape index (κ2) is 4.65. The van der Waals surface area contributed by atoms with Crippen molar-refractivity contribution in [3.63, 3.8) is 0 Å². The molecular formula is C10H14ClN3O2. The lowest BCUT2D eigenvalue weighted by molar-refractivity contribution is 0.0588. The fraction of sp³-hybridized carbons (Fsp3) is 0.500. The van der Waals surface area contributed by atoms with E-state index < -0.39 is 11.7 Å². The molecule has 0 saturated heterocycles. The van der Waals surface area contributed by atoms with E-state index in [-0.39, 0.29) is 5.15 Å². The standard InChI is InChI=1S/C10H14ClN3O2/c1-10(2,3)16-9(15)14(4)8-6-12-7(11)5-13-8/h5-6H,1-4H3. The molecule has 1 amide bonds. The maximum Gasteiger partial charge on any atom is 0.415 e.